The van der Waals surface area contributed by atoms with Gasteiger partial charge in [0.05, 0.1) is 0 Å². The van der Waals surface area contributed by atoms with Gasteiger partial charge in [0.1, 0.15) is 0 Å². The van der Waals surface area contributed by atoms with Crippen molar-refractivity contribution in [2.75, 3.05) is 6.54 Å². The summed E-state index contributed by atoms with van der Waals surface area (Å²) in [6, 6.07) is 0. The van der Waals surface area contributed by atoms with Crippen LogP contribution in [0, 0.1) is 0 Å². The van der Waals surface area contributed by atoms with Crippen LogP contribution < -0.4 is 5.32 Å². The van der Waals surface area contributed by atoms with Gasteiger partial charge < -0.3 is 24.9 Å². The van der Waals surface area contributed by atoms with Gasteiger partial charge in [-0.25, -0.2) is 0 Å². The van der Waals surface area contributed by atoms with Crippen molar-refractivity contribution in [3.8, 4) is 0 Å². The van der Waals surface area contributed by atoms with Gasteiger partial charge in [-0.1, -0.05) is 0 Å². The van der Waals surface area contributed by atoms with Crippen LogP contribution >= 0.6 is 16.5 Å². The largest absolute Gasteiger partial charge is 0.356 e. The zero-order valence-corrected chi connectivity index (χ0v) is 9.13. The summed E-state index contributed by atoms with van der Waals surface area (Å²) in [7, 11) is -6.26. The molecule has 1 aliphatic heterocycles. The fourth-order valence-electron chi connectivity index (χ4n) is 0.565. The zero-order valence-electron chi connectivity index (χ0n) is 7.13. The first kappa shape index (κ1) is 16.2. The van der Waals surface area contributed by atoms with E-state index in [0.29, 0.717) is 0 Å². The van der Waals surface area contributed by atoms with Gasteiger partial charge in [-0.15, -0.1) is 0 Å². The molecule has 5 N–H and O–H groups in total. The molecule has 0 radical (unpaired) electrons. The Morgan fingerprint density at radius 3 is 1.50 bits per heavy atom. The average molecular weight is 249 g/mol. The highest BCUT2D eigenvalue weighted by Gasteiger charge is 2.05. The minimum Gasteiger partial charge on any atom is -0.356 e. The molecule has 1 aliphatic rings. The first-order chi connectivity index (χ1) is 6.36. The Hall–Kier alpha value is -0.230. The summed E-state index contributed by atoms with van der Waals surface area (Å²) in [5, 5.41) is 2.68. The topological polar surface area (TPSA) is 144 Å². The summed E-state index contributed by atoms with van der Waals surface area (Å²) in [5.74, 6) is 0.204. The zero-order chi connectivity index (χ0) is 11.6. The SMILES string of the molecule is O=C1CCCN1.O=[PH](O)O.O=[PH](O)O. The lowest BCUT2D eigenvalue weighted by atomic mass is 10.4. The van der Waals surface area contributed by atoms with E-state index in [1.807, 2.05) is 0 Å². The van der Waals surface area contributed by atoms with E-state index in [0.717, 1.165) is 19.4 Å². The summed E-state index contributed by atoms with van der Waals surface area (Å²) >= 11 is 0. The molecule has 10 heteroatoms. The number of carbonyl (C=O) groups excluding carboxylic acids is 1. The second kappa shape index (κ2) is 10.8. The summed E-state index contributed by atoms with van der Waals surface area (Å²) in [6.45, 7) is 0.888. The molecule has 8 nitrogen and oxygen atoms in total. The number of nitrogens with one attached hydrogen (secondary N) is 1. The molecule has 1 rings (SSSR count). The highest BCUT2D eigenvalue weighted by atomic mass is 31.1. The van der Waals surface area contributed by atoms with Gasteiger partial charge in [0.2, 0.25) is 5.91 Å². The van der Waals surface area contributed by atoms with Gasteiger partial charge in [-0.3, -0.25) is 13.9 Å². The Kier molecular flexibility index (Phi) is 12.6. The highest BCUT2D eigenvalue weighted by Crippen LogP contribution is 1.99. The lowest BCUT2D eigenvalue weighted by Gasteiger charge is -1.80. The van der Waals surface area contributed by atoms with E-state index in [1.165, 1.54) is 0 Å². The number of rotatable bonds is 0. The highest BCUT2D eigenvalue weighted by molar-refractivity contribution is 7.31. The molecule has 0 atom stereocenters. The molecule has 1 fully saturated rings. The van der Waals surface area contributed by atoms with E-state index >= 15 is 0 Å². The van der Waals surface area contributed by atoms with Crippen LogP contribution in [0.25, 0.3) is 0 Å². The third kappa shape index (κ3) is 29.8. The molecule has 0 aromatic rings. The summed E-state index contributed by atoms with van der Waals surface area (Å²) in [5.41, 5.74) is 0. The van der Waals surface area contributed by atoms with Crippen LogP contribution in [0.2, 0.25) is 0 Å². The molecule has 1 saturated heterocycles. The van der Waals surface area contributed by atoms with Crippen molar-refractivity contribution >= 4 is 22.4 Å². The summed E-state index contributed by atoms with van der Waals surface area (Å²) in [4.78, 5) is 38.8. The van der Waals surface area contributed by atoms with Crippen molar-refractivity contribution in [1.82, 2.24) is 5.32 Å². The van der Waals surface area contributed by atoms with Gasteiger partial charge in [0, 0.05) is 13.0 Å². The normalized spacial score (nSPS) is 14.0. The fraction of sp³-hybridized carbons (Fsp3) is 0.750. The Morgan fingerprint density at radius 1 is 1.07 bits per heavy atom. The fourth-order valence-corrected chi connectivity index (χ4v) is 0.565. The van der Waals surface area contributed by atoms with Crippen molar-refractivity contribution < 1.29 is 33.5 Å². The quantitative estimate of drug-likeness (QED) is 0.332. The minimum atomic E-state index is -3.13. The first-order valence-electron chi connectivity index (χ1n) is 3.46. The monoisotopic (exact) mass is 249 g/mol. The van der Waals surface area contributed by atoms with Gasteiger partial charge in [0.15, 0.2) is 0 Å². The first-order valence-corrected chi connectivity index (χ1v) is 6.07. The Morgan fingerprint density at radius 2 is 1.43 bits per heavy atom. The Bertz CT molecular complexity index is 180. The molecule has 1 heterocycles. The van der Waals surface area contributed by atoms with Crippen LogP contribution in [0.15, 0.2) is 0 Å². The molecular weight excluding hydrogens is 236 g/mol. The molecule has 0 spiro atoms. The van der Waals surface area contributed by atoms with Gasteiger partial charge in [0.25, 0.3) is 0 Å². The van der Waals surface area contributed by atoms with Crippen molar-refractivity contribution in [2.45, 2.75) is 12.8 Å². The van der Waals surface area contributed by atoms with E-state index in [1.54, 1.807) is 0 Å². The standard InChI is InChI=1S/C4H7NO.2H3O3P/c6-4-2-1-3-5-4;2*1-4(2)3/h1-3H2,(H,5,6);2*4H,(H2,1,2,3). The van der Waals surface area contributed by atoms with E-state index in [9.17, 15) is 4.79 Å². The Balaban J connectivity index is 0. The second-order valence-electron chi connectivity index (χ2n) is 2.02. The van der Waals surface area contributed by atoms with Gasteiger partial charge in [-0.2, -0.15) is 0 Å². The van der Waals surface area contributed by atoms with E-state index in [-0.39, 0.29) is 5.91 Å². The number of carbonyl (C=O) groups is 1. The number of hydrogen-bond acceptors (Lipinski definition) is 3. The molecule has 0 aromatic heterocycles. The minimum absolute atomic E-state index is 0.204. The second-order valence-corrected chi connectivity index (χ2v) is 3.15. The summed E-state index contributed by atoms with van der Waals surface area (Å²) in [6.07, 6.45) is 1.76. The predicted octanol–water partition coefficient (Wildman–Crippen LogP) is -1.38. The van der Waals surface area contributed by atoms with Crippen LogP contribution in [-0.4, -0.2) is 32.0 Å². The number of hydrogen-bond donors (Lipinski definition) is 5. The Labute approximate surface area is 81.5 Å². The van der Waals surface area contributed by atoms with Crippen molar-refractivity contribution in [2.24, 2.45) is 0 Å². The average Bonchev–Trinajstić information content (AvgIpc) is 2.36. The molecule has 1 amide bonds. The van der Waals surface area contributed by atoms with Crippen molar-refractivity contribution in [1.29, 1.82) is 0 Å². The smallest absolute Gasteiger partial charge is 0.314 e. The number of amides is 1. The maximum absolute atomic E-state index is 10.1. The molecule has 0 unspecified atom stereocenters. The molecule has 0 saturated carbocycles. The van der Waals surface area contributed by atoms with Crippen LogP contribution in [0.5, 0.6) is 0 Å². The van der Waals surface area contributed by atoms with Crippen LogP contribution in [0.3, 0.4) is 0 Å². The van der Waals surface area contributed by atoms with Gasteiger partial charge in [-0.05, 0) is 6.42 Å². The lowest BCUT2D eigenvalue weighted by molar-refractivity contribution is -0.119. The molecule has 86 valence electrons. The van der Waals surface area contributed by atoms with Crippen LogP contribution in [-0.2, 0) is 13.9 Å². The summed E-state index contributed by atoms with van der Waals surface area (Å²) < 4.78 is 17.5. The van der Waals surface area contributed by atoms with Crippen LogP contribution in [0.1, 0.15) is 12.8 Å². The van der Waals surface area contributed by atoms with Crippen molar-refractivity contribution in [3.05, 3.63) is 0 Å². The van der Waals surface area contributed by atoms with E-state index in [2.05, 4.69) is 5.32 Å². The molecule has 0 bridgehead atoms. The molecule has 14 heavy (non-hydrogen) atoms. The lowest BCUT2D eigenvalue weighted by Crippen LogP contribution is -2.12. The maximum atomic E-state index is 10.1. The molecule has 0 aromatic carbocycles. The molecule has 0 aliphatic carbocycles. The third-order valence-corrected chi connectivity index (χ3v) is 0.903. The predicted molar refractivity (Wildman–Crippen MR) is 49.1 cm³/mol. The third-order valence-electron chi connectivity index (χ3n) is 0.903. The maximum Gasteiger partial charge on any atom is 0.314 e. The van der Waals surface area contributed by atoms with E-state index < -0.39 is 16.5 Å². The van der Waals surface area contributed by atoms with Crippen LogP contribution in [0.4, 0.5) is 0 Å². The van der Waals surface area contributed by atoms with Crippen molar-refractivity contribution in [3.63, 3.8) is 0 Å². The van der Waals surface area contributed by atoms with Gasteiger partial charge >= 0.3 is 16.5 Å². The molecular formula is C4H13NO7P2. The van der Waals surface area contributed by atoms with E-state index in [4.69, 9.17) is 28.7 Å².